The molecular weight excluding hydrogens is 248 g/mol. The monoisotopic (exact) mass is 266 g/mol. The Morgan fingerprint density at radius 2 is 1.90 bits per heavy atom. The normalized spacial score (nSPS) is 20.4. The molecule has 0 unspecified atom stereocenters. The van der Waals surface area contributed by atoms with Gasteiger partial charge in [-0.3, -0.25) is 4.79 Å². The van der Waals surface area contributed by atoms with Gasteiger partial charge in [0.1, 0.15) is 5.82 Å². The molecule has 0 atom stereocenters. The van der Waals surface area contributed by atoms with Crippen molar-refractivity contribution in [3.8, 4) is 0 Å². The Balaban J connectivity index is 1.84. The quantitative estimate of drug-likeness (QED) is 0.927. The Morgan fingerprint density at radius 1 is 1.15 bits per heavy atom. The summed E-state index contributed by atoms with van der Waals surface area (Å²) in [5.74, 6) is 1.40. The van der Waals surface area contributed by atoms with Crippen LogP contribution in [-0.4, -0.2) is 9.97 Å². The number of benzene rings is 1. The Hall–Kier alpha value is -1.90. The molecule has 0 spiro atoms. The molecule has 3 nitrogen and oxygen atoms in total. The number of rotatable bonds is 3. The fourth-order valence-corrected chi connectivity index (χ4v) is 3.24. The van der Waals surface area contributed by atoms with Crippen LogP contribution in [0.4, 0.5) is 0 Å². The molecular formula is C17H18N2O. The maximum atomic E-state index is 12.0. The second-order valence-electron chi connectivity index (χ2n) is 6.09. The van der Waals surface area contributed by atoms with Gasteiger partial charge >= 0.3 is 0 Å². The van der Waals surface area contributed by atoms with Crippen LogP contribution in [0.5, 0.6) is 0 Å². The average Bonchev–Trinajstić information content (AvgIpc) is 3.22. The van der Waals surface area contributed by atoms with Gasteiger partial charge in [-0.15, -0.1) is 0 Å². The van der Waals surface area contributed by atoms with Crippen LogP contribution in [0.15, 0.2) is 41.2 Å². The molecule has 2 aromatic rings. The van der Waals surface area contributed by atoms with Gasteiger partial charge in [-0.25, -0.2) is 4.98 Å². The molecule has 2 aliphatic rings. The number of aromatic amines is 1. The van der Waals surface area contributed by atoms with E-state index in [9.17, 15) is 4.79 Å². The van der Waals surface area contributed by atoms with Crippen molar-refractivity contribution in [3.63, 3.8) is 0 Å². The van der Waals surface area contributed by atoms with Gasteiger partial charge in [-0.1, -0.05) is 36.8 Å². The van der Waals surface area contributed by atoms with Gasteiger partial charge in [0.15, 0.2) is 0 Å². The van der Waals surface area contributed by atoms with Crippen LogP contribution in [0, 0.1) is 0 Å². The molecule has 102 valence electrons. The van der Waals surface area contributed by atoms with E-state index in [0.717, 1.165) is 24.4 Å². The SMILES string of the molecule is O=c1cc(C2CC2)nc(C2(c3ccccc3)CCC2)[nH]1. The third-order valence-corrected chi connectivity index (χ3v) is 4.74. The second-order valence-corrected chi connectivity index (χ2v) is 6.09. The number of aromatic nitrogens is 2. The standard InChI is InChI=1S/C17H18N2O/c20-15-11-14(12-7-8-12)18-16(19-15)17(9-4-10-17)13-5-2-1-3-6-13/h1-3,5-6,11-12H,4,7-10H2,(H,18,19,20). The predicted molar refractivity (Wildman–Crippen MR) is 77.9 cm³/mol. The minimum Gasteiger partial charge on any atom is -0.310 e. The fourth-order valence-electron chi connectivity index (χ4n) is 3.24. The number of hydrogen-bond acceptors (Lipinski definition) is 2. The Kier molecular flexibility index (Phi) is 2.56. The predicted octanol–water partition coefficient (Wildman–Crippen LogP) is 3.12. The van der Waals surface area contributed by atoms with E-state index in [1.54, 1.807) is 6.07 Å². The lowest BCUT2D eigenvalue weighted by molar-refractivity contribution is 0.283. The maximum absolute atomic E-state index is 12.0. The van der Waals surface area contributed by atoms with Crippen molar-refractivity contribution in [2.24, 2.45) is 0 Å². The van der Waals surface area contributed by atoms with Crippen LogP contribution in [0.25, 0.3) is 0 Å². The van der Waals surface area contributed by atoms with Gasteiger partial charge < -0.3 is 4.98 Å². The van der Waals surface area contributed by atoms with Crippen LogP contribution in [0.2, 0.25) is 0 Å². The molecule has 0 aliphatic heterocycles. The first-order valence-electron chi connectivity index (χ1n) is 7.45. The van der Waals surface area contributed by atoms with Gasteiger partial charge in [-0.05, 0) is 31.2 Å². The molecule has 2 fully saturated rings. The zero-order valence-electron chi connectivity index (χ0n) is 11.4. The van der Waals surface area contributed by atoms with Gasteiger partial charge in [0.05, 0.1) is 11.1 Å². The van der Waals surface area contributed by atoms with Crippen molar-refractivity contribution in [2.45, 2.75) is 43.4 Å². The Morgan fingerprint density at radius 3 is 2.50 bits per heavy atom. The van der Waals surface area contributed by atoms with Crippen LogP contribution < -0.4 is 5.56 Å². The van der Waals surface area contributed by atoms with E-state index in [0.29, 0.717) is 5.92 Å². The summed E-state index contributed by atoms with van der Waals surface area (Å²) >= 11 is 0. The first-order valence-corrected chi connectivity index (χ1v) is 7.45. The van der Waals surface area contributed by atoms with Crippen LogP contribution in [-0.2, 0) is 5.41 Å². The lowest BCUT2D eigenvalue weighted by Gasteiger charge is -2.41. The molecule has 20 heavy (non-hydrogen) atoms. The van der Waals surface area contributed by atoms with E-state index >= 15 is 0 Å². The minimum absolute atomic E-state index is 0.000828. The number of nitrogens with one attached hydrogen (secondary N) is 1. The molecule has 1 N–H and O–H groups in total. The van der Waals surface area contributed by atoms with Gasteiger partial charge in [-0.2, -0.15) is 0 Å². The highest BCUT2D eigenvalue weighted by molar-refractivity contribution is 5.36. The van der Waals surface area contributed by atoms with E-state index in [2.05, 4.69) is 29.2 Å². The molecule has 2 aliphatic carbocycles. The molecule has 1 aromatic carbocycles. The molecule has 2 saturated carbocycles. The lowest BCUT2D eigenvalue weighted by Crippen LogP contribution is -2.39. The molecule has 0 radical (unpaired) electrons. The summed E-state index contributed by atoms with van der Waals surface area (Å²) in [6.45, 7) is 0. The highest BCUT2D eigenvalue weighted by atomic mass is 16.1. The van der Waals surface area contributed by atoms with Gasteiger partial charge in [0.25, 0.3) is 5.56 Å². The van der Waals surface area contributed by atoms with Crippen LogP contribution >= 0.6 is 0 Å². The van der Waals surface area contributed by atoms with Crippen molar-refractivity contribution in [1.29, 1.82) is 0 Å². The van der Waals surface area contributed by atoms with Crippen LogP contribution in [0.1, 0.15) is 55.1 Å². The topological polar surface area (TPSA) is 45.8 Å². The molecule has 0 saturated heterocycles. The smallest absolute Gasteiger partial charge is 0.251 e. The van der Waals surface area contributed by atoms with E-state index in [-0.39, 0.29) is 11.0 Å². The Bertz CT molecular complexity index is 682. The zero-order chi connectivity index (χ0) is 13.6. The van der Waals surface area contributed by atoms with E-state index in [1.165, 1.54) is 24.8 Å². The highest BCUT2D eigenvalue weighted by Crippen LogP contribution is 2.48. The summed E-state index contributed by atoms with van der Waals surface area (Å²) < 4.78 is 0. The van der Waals surface area contributed by atoms with E-state index in [4.69, 9.17) is 4.98 Å². The summed E-state index contributed by atoms with van der Waals surface area (Å²) in [7, 11) is 0. The average molecular weight is 266 g/mol. The van der Waals surface area contributed by atoms with Gasteiger partial charge in [0.2, 0.25) is 0 Å². The number of H-pyrrole nitrogens is 1. The minimum atomic E-state index is -0.0642. The van der Waals surface area contributed by atoms with Crippen molar-refractivity contribution >= 4 is 0 Å². The summed E-state index contributed by atoms with van der Waals surface area (Å²) in [5.41, 5.74) is 2.21. The van der Waals surface area contributed by atoms with Crippen LogP contribution in [0.3, 0.4) is 0 Å². The molecule has 0 amide bonds. The van der Waals surface area contributed by atoms with Crippen molar-refractivity contribution in [1.82, 2.24) is 9.97 Å². The largest absolute Gasteiger partial charge is 0.310 e. The number of hydrogen-bond donors (Lipinski definition) is 1. The summed E-state index contributed by atoms with van der Waals surface area (Å²) in [6, 6.07) is 12.2. The van der Waals surface area contributed by atoms with Crippen molar-refractivity contribution in [3.05, 3.63) is 63.8 Å². The third-order valence-electron chi connectivity index (χ3n) is 4.74. The second kappa shape index (κ2) is 4.30. The molecule has 3 heteroatoms. The number of nitrogens with zero attached hydrogens (tertiary/aromatic N) is 1. The summed E-state index contributed by atoms with van der Waals surface area (Å²) in [5, 5.41) is 0. The molecule has 4 rings (SSSR count). The molecule has 1 heterocycles. The van der Waals surface area contributed by atoms with Gasteiger partial charge in [0, 0.05) is 12.0 Å². The maximum Gasteiger partial charge on any atom is 0.251 e. The molecule has 1 aromatic heterocycles. The Labute approximate surface area is 118 Å². The lowest BCUT2D eigenvalue weighted by atomic mass is 9.64. The first kappa shape index (κ1) is 11.9. The van der Waals surface area contributed by atoms with Crippen molar-refractivity contribution in [2.75, 3.05) is 0 Å². The van der Waals surface area contributed by atoms with Crippen molar-refractivity contribution < 1.29 is 0 Å². The third kappa shape index (κ3) is 1.80. The fraction of sp³-hybridized carbons (Fsp3) is 0.412. The molecule has 0 bridgehead atoms. The first-order chi connectivity index (χ1) is 9.78. The summed E-state index contributed by atoms with van der Waals surface area (Å²) in [4.78, 5) is 19.8. The zero-order valence-corrected chi connectivity index (χ0v) is 11.4. The van der Waals surface area contributed by atoms with E-state index in [1.807, 2.05) is 6.07 Å². The van der Waals surface area contributed by atoms with E-state index < -0.39 is 0 Å². The summed E-state index contributed by atoms with van der Waals surface area (Å²) in [6.07, 6.45) is 5.71. The highest BCUT2D eigenvalue weighted by Gasteiger charge is 2.43.